The van der Waals surface area contributed by atoms with Crippen molar-refractivity contribution in [2.45, 2.75) is 55.9 Å². The SMILES string of the molecule is O=C(CCNS(=O)(=O)c1ccc(C2CCCCC2)cc1)NCc1ccccn1. The van der Waals surface area contributed by atoms with Crippen LogP contribution in [0.25, 0.3) is 0 Å². The van der Waals surface area contributed by atoms with E-state index in [1.807, 2.05) is 30.3 Å². The molecular formula is C21H27N3O3S. The van der Waals surface area contributed by atoms with Crippen molar-refractivity contribution in [3.63, 3.8) is 0 Å². The van der Waals surface area contributed by atoms with E-state index >= 15 is 0 Å². The van der Waals surface area contributed by atoms with Gasteiger partial charge in [0.25, 0.3) is 0 Å². The van der Waals surface area contributed by atoms with Crippen LogP contribution in [0.1, 0.15) is 55.7 Å². The van der Waals surface area contributed by atoms with Crippen molar-refractivity contribution in [2.75, 3.05) is 6.54 Å². The molecule has 0 radical (unpaired) electrons. The fourth-order valence-corrected chi connectivity index (χ4v) is 4.55. The summed E-state index contributed by atoms with van der Waals surface area (Å²) in [6.07, 6.45) is 7.88. The molecule has 1 aliphatic carbocycles. The maximum Gasteiger partial charge on any atom is 0.240 e. The third-order valence-corrected chi connectivity index (χ3v) is 6.58. The van der Waals surface area contributed by atoms with E-state index in [4.69, 9.17) is 0 Å². The number of pyridine rings is 1. The standard InChI is InChI=1S/C21H27N3O3S/c25-21(23-16-19-8-4-5-14-22-19)13-15-24-28(26,27)20-11-9-18(10-12-20)17-6-2-1-3-7-17/h4-5,8-12,14,17,24H,1-3,6-7,13,15-16H2,(H,23,25). The normalized spacial score (nSPS) is 15.3. The van der Waals surface area contributed by atoms with Gasteiger partial charge in [0.05, 0.1) is 17.1 Å². The Bertz CT molecular complexity index is 862. The lowest BCUT2D eigenvalue weighted by Gasteiger charge is -2.22. The number of hydrogen-bond donors (Lipinski definition) is 2. The Morgan fingerprint density at radius 3 is 2.46 bits per heavy atom. The molecule has 3 rings (SSSR count). The molecule has 1 saturated carbocycles. The van der Waals surface area contributed by atoms with Crippen LogP contribution in [0.2, 0.25) is 0 Å². The Balaban J connectivity index is 1.46. The molecule has 0 unspecified atom stereocenters. The summed E-state index contributed by atoms with van der Waals surface area (Å²) >= 11 is 0. The molecule has 1 amide bonds. The fraction of sp³-hybridized carbons (Fsp3) is 0.429. The van der Waals surface area contributed by atoms with Gasteiger partial charge in [0.15, 0.2) is 0 Å². The largest absolute Gasteiger partial charge is 0.350 e. The first-order valence-corrected chi connectivity index (χ1v) is 11.3. The molecule has 1 aliphatic rings. The lowest BCUT2D eigenvalue weighted by molar-refractivity contribution is -0.121. The number of carbonyl (C=O) groups excluding carboxylic acids is 1. The zero-order chi connectivity index (χ0) is 19.8. The smallest absolute Gasteiger partial charge is 0.240 e. The fourth-order valence-electron chi connectivity index (χ4n) is 3.52. The monoisotopic (exact) mass is 401 g/mol. The number of hydrogen-bond acceptors (Lipinski definition) is 4. The van der Waals surface area contributed by atoms with E-state index in [2.05, 4.69) is 15.0 Å². The number of carbonyl (C=O) groups is 1. The van der Waals surface area contributed by atoms with Crippen LogP contribution in [0, 0.1) is 0 Å². The summed E-state index contributed by atoms with van der Waals surface area (Å²) in [5.41, 5.74) is 1.97. The van der Waals surface area contributed by atoms with Gasteiger partial charge in [-0.15, -0.1) is 0 Å². The first kappa shape index (κ1) is 20.5. The maximum absolute atomic E-state index is 12.4. The first-order chi connectivity index (χ1) is 13.5. The molecule has 0 bridgehead atoms. The van der Waals surface area contributed by atoms with E-state index in [9.17, 15) is 13.2 Å². The van der Waals surface area contributed by atoms with Crippen LogP contribution in [-0.2, 0) is 21.4 Å². The molecule has 1 heterocycles. The molecule has 1 aromatic carbocycles. The Morgan fingerprint density at radius 1 is 1.04 bits per heavy atom. The van der Waals surface area contributed by atoms with Crippen LogP contribution in [0.15, 0.2) is 53.6 Å². The zero-order valence-electron chi connectivity index (χ0n) is 15.9. The predicted octanol–water partition coefficient (Wildman–Crippen LogP) is 3.11. The molecule has 150 valence electrons. The number of amides is 1. The number of rotatable bonds is 8. The van der Waals surface area contributed by atoms with E-state index in [1.54, 1.807) is 18.3 Å². The van der Waals surface area contributed by atoms with Crippen molar-refractivity contribution in [3.8, 4) is 0 Å². The van der Waals surface area contributed by atoms with Crippen molar-refractivity contribution < 1.29 is 13.2 Å². The van der Waals surface area contributed by atoms with Gasteiger partial charge in [-0.2, -0.15) is 0 Å². The van der Waals surface area contributed by atoms with Crippen LogP contribution < -0.4 is 10.0 Å². The number of nitrogens with zero attached hydrogens (tertiary/aromatic N) is 1. The van der Waals surface area contributed by atoms with Crippen molar-refractivity contribution >= 4 is 15.9 Å². The van der Waals surface area contributed by atoms with Gasteiger partial charge < -0.3 is 5.32 Å². The number of benzene rings is 1. The van der Waals surface area contributed by atoms with Crippen LogP contribution in [-0.4, -0.2) is 25.9 Å². The van der Waals surface area contributed by atoms with Crippen LogP contribution in [0.4, 0.5) is 0 Å². The predicted molar refractivity (Wildman–Crippen MR) is 108 cm³/mol. The molecule has 0 spiro atoms. The number of sulfonamides is 1. The Kier molecular flexibility index (Phi) is 7.17. The summed E-state index contributed by atoms with van der Waals surface area (Å²) in [7, 11) is -3.61. The summed E-state index contributed by atoms with van der Waals surface area (Å²) in [6, 6.07) is 12.6. The lowest BCUT2D eigenvalue weighted by atomic mass is 9.84. The molecule has 28 heavy (non-hydrogen) atoms. The minimum absolute atomic E-state index is 0.0563. The minimum Gasteiger partial charge on any atom is -0.350 e. The molecule has 2 aromatic rings. The highest BCUT2D eigenvalue weighted by Crippen LogP contribution is 2.32. The number of nitrogens with one attached hydrogen (secondary N) is 2. The van der Waals surface area contributed by atoms with E-state index in [0.29, 0.717) is 12.5 Å². The summed E-state index contributed by atoms with van der Waals surface area (Å²) in [5, 5.41) is 2.73. The molecular weight excluding hydrogens is 374 g/mol. The van der Waals surface area contributed by atoms with Crippen LogP contribution >= 0.6 is 0 Å². The molecule has 2 N–H and O–H groups in total. The van der Waals surface area contributed by atoms with Gasteiger partial charge in [0.2, 0.25) is 15.9 Å². The molecule has 1 fully saturated rings. The molecule has 7 heteroatoms. The average Bonchev–Trinajstić information content (AvgIpc) is 2.74. The average molecular weight is 402 g/mol. The van der Waals surface area contributed by atoms with Gasteiger partial charge in [-0.1, -0.05) is 37.5 Å². The second kappa shape index (κ2) is 9.80. The first-order valence-electron chi connectivity index (χ1n) is 9.81. The third-order valence-electron chi connectivity index (χ3n) is 5.10. The highest BCUT2D eigenvalue weighted by atomic mass is 32.2. The zero-order valence-corrected chi connectivity index (χ0v) is 16.7. The topological polar surface area (TPSA) is 88.2 Å². The van der Waals surface area contributed by atoms with Crippen molar-refractivity contribution in [3.05, 3.63) is 59.9 Å². The summed E-state index contributed by atoms with van der Waals surface area (Å²) in [4.78, 5) is 16.2. The van der Waals surface area contributed by atoms with Crippen molar-refractivity contribution in [1.29, 1.82) is 0 Å². The second-order valence-corrected chi connectivity index (χ2v) is 8.92. The highest BCUT2D eigenvalue weighted by Gasteiger charge is 2.18. The van der Waals surface area contributed by atoms with E-state index in [-0.39, 0.29) is 23.8 Å². The summed E-state index contributed by atoms with van der Waals surface area (Å²) in [6.45, 7) is 0.385. The van der Waals surface area contributed by atoms with Gasteiger partial charge in [0, 0.05) is 19.2 Å². The van der Waals surface area contributed by atoms with Gasteiger partial charge >= 0.3 is 0 Å². The minimum atomic E-state index is -3.61. The Morgan fingerprint density at radius 2 is 1.79 bits per heavy atom. The van der Waals surface area contributed by atoms with E-state index < -0.39 is 10.0 Å². The summed E-state index contributed by atoms with van der Waals surface area (Å²) < 4.78 is 27.4. The van der Waals surface area contributed by atoms with Gasteiger partial charge in [-0.25, -0.2) is 13.1 Å². The highest BCUT2D eigenvalue weighted by molar-refractivity contribution is 7.89. The van der Waals surface area contributed by atoms with Gasteiger partial charge in [-0.3, -0.25) is 9.78 Å². The molecule has 1 aromatic heterocycles. The van der Waals surface area contributed by atoms with E-state index in [0.717, 1.165) is 5.69 Å². The Labute approximate surface area is 166 Å². The Hall–Kier alpha value is -2.25. The van der Waals surface area contributed by atoms with Crippen molar-refractivity contribution in [2.24, 2.45) is 0 Å². The molecule has 0 saturated heterocycles. The van der Waals surface area contributed by atoms with Gasteiger partial charge in [-0.05, 0) is 48.6 Å². The maximum atomic E-state index is 12.4. The molecule has 6 nitrogen and oxygen atoms in total. The van der Waals surface area contributed by atoms with Crippen molar-refractivity contribution in [1.82, 2.24) is 15.0 Å². The second-order valence-electron chi connectivity index (χ2n) is 7.15. The lowest BCUT2D eigenvalue weighted by Crippen LogP contribution is -2.30. The molecule has 0 aliphatic heterocycles. The van der Waals surface area contributed by atoms with Crippen LogP contribution in [0.5, 0.6) is 0 Å². The van der Waals surface area contributed by atoms with E-state index in [1.165, 1.54) is 37.7 Å². The molecule has 0 atom stereocenters. The third kappa shape index (κ3) is 5.87. The number of aromatic nitrogens is 1. The van der Waals surface area contributed by atoms with Gasteiger partial charge in [0.1, 0.15) is 0 Å². The summed E-state index contributed by atoms with van der Waals surface area (Å²) in [5.74, 6) is 0.322. The quantitative estimate of drug-likeness (QED) is 0.711. The van der Waals surface area contributed by atoms with Crippen LogP contribution in [0.3, 0.4) is 0 Å².